The van der Waals surface area contributed by atoms with Crippen LogP contribution in [0.5, 0.6) is 0 Å². The average Bonchev–Trinajstić information content (AvgIpc) is 2.59. The third-order valence-corrected chi connectivity index (χ3v) is 5.05. The number of halogens is 1. The Kier molecular flexibility index (Phi) is 5.52. The van der Waals surface area contributed by atoms with Crippen LogP contribution in [0, 0.1) is 5.92 Å². The van der Waals surface area contributed by atoms with Crippen LogP contribution in [0.25, 0.3) is 0 Å². The van der Waals surface area contributed by atoms with Crippen molar-refractivity contribution in [2.24, 2.45) is 5.92 Å². The van der Waals surface area contributed by atoms with E-state index in [0.717, 1.165) is 25.7 Å². The van der Waals surface area contributed by atoms with Crippen LogP contribution in [-0.2, 0) is 4.79 Å². The van der Waals surface area contributed by atoms with Gasteiger partial charge in [0.25, 0.3) is 0 Å². The first-order valence-corrected chi connectivity index (χ1v) is 7.87. The molecule has 1 amide bonds. The molecule has 0 aromatic carbocycles. The van der Waals surface area contributed by atoms with Gasteiger partial charge in [0.1, 0.15) is 0 Å². The SMILES string of the molecule is Cl.O=C(NC1CC2CCC(C1)N2)C1CCCCCC1. The summed E-state index contributed by atoms with van der Waals surface area (Å²) in [5, 5.41) is 6.97. The lowest BCUT2D eigenvalue weighted by Gasteiger charge is -2.30. The van der Waals surface area contributed by atoms with Gasteiger partial charge < -0.3 is 10.6 Å². The summed E-state index contributed by atoms with van der Waals surface area (Å²) >= 11 is 0. The fourth-order valence-electron chi connectivity index (χ4n) is 4.04. The molecule has 2 bridgehead atoms. The highest BCUT2D eigenvalue weighted by Crippen LogP contribution is 2.28. The first kappa shape index (κ1) is 15.1. The molecule has 2 unspecified atom stereocenters. The number of nitrogens with one attached hydrogen (secondary N) is 2. The van der Waals surface area contributed by atoms with E-state index in [2.05, 4.69) is 10.6 Å². The molecule has 4 heteroatoms. The van der Waals surface area contributed by atoms with Crippen molar-refractivity contribution >= 4 is 18.3 Å². The maximum absolute atomic E-state index is 12.3. The van der Waals surface area contributed by atoms with E-state index in [1.54, 1.807) is 0 Å². The van der Waals surface area contributed by atoms with Crippen LogP contribution in [0.2, 0.25) is 0 Å². The van der Waals surface area contributed by atoms with E-state index in [1.165, 1.54) is 38.5 Å². The number of hydrogen-bond acceptors (Lipinski definition) is 2. The van der Waals surface area contributed by atoms with Gasteiger partial charge in [-0.25, -0.2) is 0 Å². The van der Waals surface area contributed by atoms with Gasteiger partial charge in [-0.1, -0.05) is 25.7 Å². The smallest absolute Gasteiger partial charge is 0.223 e. The predicted molar refractivity (Wildman–Crippen MR) is 79.6 cm³/mol. The van der Waals surface area contributed by atoms with Crippen LogP contribution in [0.15, 0.2) is 0 Å². The number of rotatable bonds is 2. The van der Waals surface area contributed by atoms with E-state index in [1.807, 2.05) is 0 Å². The van der Waals surface area contributed by atoms with E-state index in [4.69, 9.17) is 0 Å². The van der Waals surface area contributed by atoms with Crippen molar-refractivity contribution in [2.75, 3.05) is 0 Å². The van der Waals surface area contributed by atoms with Gasteiger partial charge >= 0.3 is 0 Å². The maximum Gasteiger partial charge on any atom is 0.223 e. The minimum absolute atomic E-state index is 0. The van der Waals surface area contributed by atoms with Crippen molar-refractivity contribution in [3.63, 3.8) is 0 Å². The monoisotopic (exact) mass is 286 g/mol. The summed E-state index contributed by atoms with van der Waals surface area (Å²) in [4.78, 5) is 12.3. The standard InChI is InChI=1S/C15H26N2O.ClH/c18-15(11-5-3-1-2-4-6-11)17-14-9-12-7-8-13(10-14)16-12;/h11-14,16H,1-10H2,(H,17,18);1H. The minimum atomic E-state index is 0. The Morgan fingerprint density at radius 3 is 2.05 bits per heavy atom. The van der Waals surface area contributed by atoms with Gasteiger partial charge in [-0.15, -0.1) is 12.4 Å². The molecule has 3 fully saturated rings. The lowest BCUT2D eigenvalue weighted by molar-refractivity contribution is -0.126. The number of amides is 1. The Morgan fingerprint density at radius 1 is 0.895 bits per heavy atom. The topological polar surface area (TPSA) is 41.1 Å². The van der Waals surface area contributed by atoms with Crippen molar-refractivity contribution in [1.29, 1.82) is 0 Å². The molecule has 2 saturated heterocycles. The highest BCUT2D eigenvalue weighted by Gasteiger charge is 2.34. The summed E-state index contributed by atoms with van der Waals surface area (Å²) in [6, 6.07) is 1.78. The third-order valence-electron chi connectivity index (χ3n) is 5.05. The Hall–Kier alpha value is -0.280. The first-order valence-electron chi connectivity index (χ1n) is 7.87. The normalized spacial score (nSPS) is 35.3. The maximum atomic E-state index is 12.3. The van der Waals surface area contributed by atoms with Crippen molar-refractivity contribution in [1.82, 2.24) is 10.6 Å². The summed E-state index contributed by atoms with van der Waals surface area (Å²) in [5.74, 6) is 0.656. The van der Waals surface area contributed by atoms with E-state index in [0.29, 0.717) is 30.0 Å². The van der Waals surface area contributed by atoms with Gasteiger partial charge in [0.05, 0.1) is 0 Å². The van der Waals surface area contributed by atoms with Crippen molar-refractivity contribution in [3.05, 3.63) is 0 Å². The molecule has 2 atom stereocenters. The molecule has 0 spiro atoms. The number of hydrogen-bond donors (Lipinski definition) is 2. The molecule has 0 aromatic heterocycles. The van der Waals surface area contributed by atoms with Crippen LogP contribution >= 0.6 is 12.4 Å². The average molecular weight is 287 g/mol. The molecule has 3 rings (SSSR count). The second-order valence-electron chi connectivity index (χ2n) is 6.50. The van der Waals surface area contributed by atoms with Crippen molar-refractivity contribution in [3.8, 4) is 0 Å². The molecule has 1 aliphatic carbocycles. The summed E-state index contributed by atoms with van der Waals surface area (Å²) in [5.41, 5.74) is 0. The number of carbonyl (C=O) groups excluding carboxylic acids is 1. The highest BCUT2D eigenvalue weighted by molar-refractivity contribution is 5.85. The molecule has 0 aromatic rings. The van der Waals surface area contributed by atoms with Gasteiger partial charge in [0.2, 0.25) is 5.91 Å². The van der Waals surface area contributed by atoms with Crippen LogP contribution in [-0.4, -0.2) is 24.0 Å². The third kappa shape index (κ3) is 3.85. The Balaban J connectivity index is 0.00000133. The predicted octanol–water partition coefficient (Wildman–Crippen LogP) is 2.78. The lowest BCUT2D eigenvalue weighted by Crippen LogP contribution is -2.49. The molecule has 19 heavy (non-hydrogen) atoms. The fraction of sp³-hybridized carbons (Fsp3) is 0.933. The summed E-state index contributed by atoms with van der Waals surface area (Å²) in [6.45, 7) is 0. The number of carbonyl (C=O) groups is 1. The fourth-order valence-corrected chi connectivity index (χ4v) is 4.04. The molecular weight excluding hydrogens is 260 g/mol. The van der Waals surface area contributed by atoms with Gasteiger partial charge in [0, 0.05) is 24.0 Å². The van der Waals surface area contributed by atoms with E-state index < -0.39 is 0 Å². The Morgan fingerprint density at radius 2 is 1.47 bits per heavy atom. The minimum Gasteiger partial charge on any atom is -0.353 e. The second kappa shape index (κ2) is 6.94. The van der Waals surface area contributed by atoms with Crippen LogP contribution in [0.1, 0.15) is 64.2 Å². The van der Waals surface area contributed by atoms with E-state index in [9.17, 15) is 4.79 Å². The zero-order valence-corrected chi connectivity index (χ0v) is 12.5. The van der Waals surface area contributed by atoms with Crippen LogP contribution < -0.4 is 10.6 Å². The van der Waals surface area contributed by atoms with Crippen LogP contribution in [0.3, 0.4) is 0 Å². The molecule has 110 valence electrons. The summed E-state index contributed by atoms with van der Waals surface area (Å²) in [6.07, 6.45) is 12.3. The lowest BCUT2D eigenvalue weighted by atomic mass is 9.96. The molecule has 2 heterocycles. The number of fused-ring (bicyclic) bond motifs is 2. The largest absolute Gasteiger partial charge is 0.353 e. The molecular formula is C15H27ClN2O. The Labute approximate surface area is 122 Å². The first-order chi connectivity index (χ1) is 8.81. The molecule has 0 radical (unpaired) electrons. The second-order valence-corrected chi connectivity index (χ2v) is 6.50. The molecule has 1 saturated carbocycles. The summed E-state index contributed by atoms with van der Waals surface area (Å²) in [7, 11) is 0. The van der Waals surface area contributed by atoms with E-state index >= 15 is 0 Å². The zero-order chi connectivity index (χ0) is 12.4. The van der Waals surface area contributed by atoms with Gasteiger partial charge in [0.15, 0.2) is 0 Å². The van der Waals surface area contributed by atoms with Gasteiger partial charge in [-0.3, -0.25) is 4.79 Å². The van der Waals surface area contributed by atoms with Crippen LogP contribution in [0.4, 0.5) is 0 Å². The molecule has 2 N–H and O–H groups in total. The highest BCUT2D eigenvalue weighted by atomic mass is 35.5. The van der Waals surface area contributed by atoms with E-state index in [-0.39, 0.29) is 12.4 Å². The van der Waals surface area contributed by atoms with Gasteiger partial charge in [-0.05, 0) is 38.5 Å². The van der Waals surface area contributed by atoms with Crippen molar-refractivity contribution in [2.45, 2.75) is 82.3 Å². The summed E-state index contributed by atoms with van der Waals surface area (Å²) < 4.78 is 0. The molecule has 2 aliphatic heterocycles. The van der Waals surface area contributed by atoms with Crippen molar-refractivity contribution < 1.29 is 4.79 Å². The quantitative estimate of drug-likeness (QED) is 0.767. The molecule has 3 nitrogen and oxygen atoms in total. The Bertz CT molecular complexity index is 291. The molecule has 3 aliphatic rings. The zero-order valence-electron chi connectivity index (χ0n) is 11.7. The van der Waals surface area contributed by atoms with Gasteiger partial charge in [-0.2, -0.15) is 0 Å². The number of piperidine rings is 1.